The van der Waals surface area contributed by atoms with Gasteiger partial charge in [-0.15, -0.1) is 0 Å². The number of alkyl carbamates (subject to hydrolysis) is 1. The van der Waals surface area contributed by atoms with Gasteiger partial charge in [0.05, 0.1) is 31.6 Å². The molecule has 2 heterocycles. The smallest absolute Gasteiger partial charge is 0.422 e. The highest BCUT2D eigenvalue weighted by molar-refractivity contribution is 6.05. The molecule has 21 heteroatoms. The Morgan fingerprint density at radius 2 is 1.59 bits per heavy atom. The third-order valence-corrected chi connectivity index (χ3v) is 11.8. The monoisotopic (exact) mass is 941 g/mol. The van der Waals surface area contributed by atoms with E-state index in [4.69, 9.17) is 14.2 Å². The molecular formula is C45H66F3N5O13. The summed E-state index contributed by atoms with van der Waals surface area (Å²) >= 11 is 0. The molecule has 4 N–H and O–H groups in total. The van der Waals surface area contributed by atoms with E-state index in [1.807, 2.05) is 19.2 Å². The summed E-state index contributed by atoms with van der Waals surface area (Å²) in [5.74, 6) is -8.69. The number of hydrogen-bond donors (Lipinski definition) is 4. The SMILES string of the molecule is CC[C@H](C)[C@H]1NC(=O)[C@@H](NC(=O)OCC(F)(F)F)[C@H](C)OC(=O)[C@H](Cc2ccc(OC)cc2)N(C)C(=O)[C@@H]2CCCN2C(=O)[C@@H](CC(C)C)NC(=O)[C@@H](C)C(=O)[C@@H](C(C)C)OC(=O)C[C@H]1O. The molecular weight excluding hydrogens is 876 g/mol. The molecule has 0 unspecified atom stereocenters. The first-order valence-corrected chi connectivity index (χ1v) is 22.2. The Labute approximate surface area is 383 Å². The summed E-state index contributed by atoms with van der Waals surface area (Å²) in [6.07, 6.45) is -11.6. The van der Waals surface area contributed by atoms with Gasteiger partial charge in [0.15, 0.2) is 18.5 Å². The second-order valence-electron chi connectivity index (χ2n) is 17.8. The molecule has 2 fully saturated rings. The third kappa shape index (κ3) is 15.3. The lowest BCUT2D eigenvalue weighted by atomic mass is 9.91. The summed E-state index contributed by atoms with van der Waals surface area (Å²) in [7, 11) is 2.77. The molecule has 18 nitrogen and oxygen atoms in total. The standard InChI is InChI=1S/C45H66F3N5O13/c1-11-25(6)35-33(54)21-34(55)66-38(24(4)5)37(56)26(7)39(57)49-30(19-23(2)3)41(59)53-18-12-13-31(53)42(60)52(9)32(20-28-14-16-29(63-10)17-15-28)43(61)65-27(8)36(40(58)50-35)51-44(62)64-22-45(46,47)48/h14-17,23-27,30-33,35-36,38,54H,11-13,18-22H2,1-10H3,(H,49,57)(H,50,58)(H,51,62)/t25-,26-,27-,30+,31-,32-,33+,35+,36-,38+/m0/s1. The number of ether oxygens (including phenoxy) is 4. The van der Waals surface area contributed by atoms with Gasteiger partial charge < -0.3 is 49.8 Å². The van der Waals surface area contributed by atoms with Crippen LogP contribution in [0.4, 0.5) is 18.0 Å². The fourth-order valence-corrected chi connectivity index (χ4v) is 7.78. The molecule has 0 saturated carbocycles. The number of nitrogens with one attached hydrogen (secondary N) is 3. The second kappa shape index (κ2) is 24.3. The van der Waals surface area contributed by atoms with Gasteiger partial charge in [0, 0.05) is 20.0 Å². The Kier molecular flexibility index (Phi) is 20.2. The number of aliphatic hydroxyl groups excluding tert-OH is 1. The fourth-order valence-electron chi connectivity index (χ4n) is 7.78. The summed E-state index contributed by atoms with van der Waals surface area (Å²) in [5.41, 5.74) is 0.511. The van der Waals surface area contributed by atoms with Gasteiger partial charge >= 0.3 is 24.2 Å². The number of halogens is 3. The number of hydrogen-bond acceptors (Lipinski definition) is 13. The van der Waals surface area contributed by atoms with Crippen molar-refractivity contribution >= 4 is 47.4 Å². The van der Waals surface area contributed by atoms with Crippen molar-refractivity contribution in [3.8, 4) is 5.75 Å². The number of fused-ring (bicyclic) bond motifs is 1. The summed E-state index contributed by atoms with van der Waals surface area (Å²) in [6, 6.07) is -0.607. The first kappa shape index (κ1) is 54.9. The van der Waals surface area contributed by atoms with E-state index in [2.05, 4.69) is 15.4 Å². The topological polar surface area (TPSA) is 236 Å². The first-order valence-electron chi connectivity index (χ1n) is 22.2. The lowest BCUT2D eigenvalue weighted by molar-refractivity contribution is -0.163. The minimum absolute atomic E-state index is 0.106. The van der Waals surface area contributed by atoms with Crippen LogP contribution in [0.25, 0.3) is 0 Å². The minimum atomic E-state index is -4.95. The van der Waals surface area contributed by atoms with Gasteiger partial charge in [-0.25, -0.2) is 9.59 Å². The van der Waals surface area contributed by atoms with Gasteiger partial charge in [-0.2, -0.15) is 13.2 Å². The van der Waals surface area contributed by atoms with Crippen molar-refractivity contribution in [1.29, 1.82) is 0 Å². The predicted molar refractivity (Wildman–Crippen MR) is 230 cm³/mol. The number of cyclic esters (lactones) is 2. The molecule has 0 spiro atoms. The van der Waals surface area contributed by atoms with Crippen LogP contribution in [0.15, 0.2) is 24.3 Å². The zero-order valence-electron chi connectivity index (χ0n) is 39.3. The lowest BCUT2D eigenvalue weighted by Gasteiger charge is -2.35. The molecule has 66 heavy (non-hydrogen) atoms. The zero-order chi connectivity index (χ0) is 49.8. The molecule has 370 valence electrons. The number of ketones is 1. The fraction of sp³-hybridized carbons (Fsp3) is 0.689. The molecule has 1 aromatic carbocycles. The minimum Gasteiger partial charge on any atom is -0.497 e. The largest absolute Gasteiger partial charge is 0.497 e. The number of rotatable bonds is 10. The van der Waals surface area contributed by atoms with Gasteiger partial charge in [0.1, 0.15) is 36.0 Å². The summed E-state index contributed by atoms with van der Waals surface area (Å²) in [5, 5.41) is 18.7. The van der Waals surface area contributed by atoms with Gasteiger partial charge in [-0.3, -0.25) is 28.8 Å². The average Bonchev–Trinajstić information content (AvgIpc) is 3.75. The Hall–Kier alpha value is -5.47. The van der Waals surface area contributed by atoms with Crippen molar-refractivity contribution in [1.82, 2.24) is 25.8 Å². The maximum atomic E-state index is 14.5. The van der Waals surface area contributed by atoms with Crippen LogP contribution in [0, 0.1) is 23.7 Å². The first-order chi connectivity index (χ1) is 30.8. The Bertz CT molecular complexity index is 1880. The number of esters is 2. The zero-order valence-corrected chi connectivity index (χ0v) is 39.3. The Balaban J connectivity index is 2.21. The summed E-state index contributed by atoms with van der Waals surface area (Å²) in [4.78, 5) is 114. The van der Waals surface area contributed by atoms with Crippen LogP contribution in [0.3, 0.4) is 0 Å². The van der Waals surface area contributed by atoms with E-state index in [9.17, 15) is 56.6 Å². The molecule has 0 aromatic heterocycles. The van der Waals surface area contributed by atoms with E-state index in [1.54, 1.807) is 52.0 Å². The number of benzene rings is 1. The summed E-state index contributed by atoms with van der Waals surface area (Å²) < 4.78 is 60.1. The van der Waals surface area contributed by atoms with Crippen molar-refractivity contribution in [3.63, 3.8) is 0 Å². The molecule has 0 bridgehead atoms. The summed E-state index contributed by atoms with van der Waals surface area (Å²) in [6.45, 7) is 10.6. The molecule has 3 rings (SSSR count). The molecule has 1 aromatic rings. The number of carbonyl (C=O) groups excluding carboxylic acids is 8. The number of methoxy groups -OCH3 is 1. The van der Waals surface area contributed by atoms with Crippen LogP contribution in [0.5, 0.6) is 5.75 Å². The second-order valence-corrected chi connectivity index (χ2v) is 17.8. The van der Waals surface area contributed by atoms with Crippen molar-refractivity contribution in [3.05, 3.63) is 29.8 Å². The van der Waals surface area contributed by atoms with E-state index in [0.29, 0.717) is 24.2 Å². The number of alkyl halides is 3. The molecule has 10 atom stereocenters. The van der Waals surface area contributed by atoms with Crippen LogP contribution in [-0.2, 0) is 54.2 Å². The molecule has 2 saturated heterocycles. The van der Waals surface area contributed by atoms with Crippen LogP contribution < -0.4 is 20.7 Å². The van der Waals surface area contributed by atoms with Crippen molar-refractivity contribution in [2.75, 3.05) is 27.3 Å². The van der Waals surface area contributed by atoms with Crippen molar-refractivity contribution < 1.29 is 75.6 Å². The van der Waals surface area contributed by atoms with E-state index < -0.39 is 133 Å². The van der Waals surface area contributed by atoms with Crippen LogP contribution >= 0.6 is 0 Å². The third-order valence-electron chi connectivity index (χ3n) is 11.8. The number of aliphatic hydroxyl groups is 1. The van der Waals surface area contributed by atoms with E-state index in [0.717, 1.165) is 11.8 Å². The van der Waals surface area contributed by atoms with Gasteiger partial charge in [0.2, 0.25) is 23.6 Å². The number of carbonyl (C=O) groups is 8. The maximum absolute atomic E-state index is 14.5. The van der Waals surface area contributed by atoms with E-state index in [1.165, 1.54) is 26.0 Å². The number of nitrogens with zero attached hydrogens (tertiary/aromatic N) is 2. The Morgan fingerprint density at radius 3 is 2.15 bits per heavy atom. The molecule has 2 aliphatic heterocycles. The molecule has 2 aliphatic rings. The van der Waals surface area contributed by atoms with E-state index in [-0.39, 0.29) is 31.7 Å². The number of amides is 5. The predicted octanol–water partition coefficient (Wildman–Crippen LogP) is 3.24. The van der Waals surface area contributed by atoms with Crippen LogP contribution in [0.2, 0.25) is 0 Å². The van der Waals surface area contributed by atoms with E-state index >= 15 is 0 Å². The van der Waals surface area contributed by atoms with Gasteiger partial charge in [-0.05, 0) is 68.6 Å². The maximum Gasteiger partial charge on any atom is 0.422 e. The molecule has 0 radical (unpaired) electrons. The quantitative estimate of drug-likeness (QED) is 0.150. The lowest BCUT2D eigenvalue weighted by Crippen LogP contribution is -2.59. The number of Topliss-reactive ketones (excluding diaryl/α,β-unsaturated/α-hetero) is 1. The van der Waals surface area contributed by atoms with Crippen molar-refractivity contribution in [2.24, 2.45) is 23.7 Å². The van der Waals surface area contributed by atoms with Gasteiger partial charge in [0.25, 0.3) is 0 Å². The highest BCUT2D eigenvalue weighted by Gasteiger charge is 2.44. The Morgan fingerprint density at radius 1 is 0.955 bits per heavy atom. The van der Waals surface area contributed by atoms with Crippen LogP contribution in [0.1, 0.15) is 93.1 Å². The normalized spacial score (nSPS) is 27.7. The van der Waals surface area contributed by atoms with Gasteiger partial charge in [-0.1, -0.05) is 60.1 Å². The molecule has 5 amide bonds. The highest BCUT2D eigenvalue weighted by Crippen LogP contribution is 2.26. The highest BCUT2D eigenvalue weighted by atomic mass is 19.4. The number of likely N-dealkylation sites (N-methyl/N-ethyl adjacent to an activating group) is 1. The average molecular weight is 942 g/mol. The van der Waals surface area contributed by atoms with Crippen molar-refractivity contribution in [2.45, 2.75) is 149 Å². The van der Waals surface area contributed by atoms with Crippen LogP contribution in [-0.4, -0.2) is 144 Å². The molecule has 0 aliphatic carbocycles.